The Morgan fingerprint density at radius 2 is 1.85 bits per heavy atom. The number of aryl methyl sites for hydroxylation is 2. The molecule has 0 fully saturated rings. The summed E-state index contributed by atoms with van der Waals surface area (Å²) >= 11 is 0. The van der Waals surface area contributed by atoms with Crippen LogP contribution >= 0.6 is 0 Å². The summed E-state index contributed by atoms with van der Waals surface area (Å²) in [6, 6.07) is 14.6. The molecule has 1 aliphatic rings. The monoisotopic (exact) mass is 351 g/mol. The van der Waals surface area contributed by atoms with Gasteiger partial charge < -0.3 is 10.1 Å². The molecular formula is C23H29NO2. The standard InChI is InChI=1S/C23H29NO2/c1-4-21(19-14-12-16(2)13-15-19)24-23(25)17(3)26-22-11-7-9-18-8-5-6-10-20(18)22/h7,9,11-15,17,21H,4-6,8,10H2,1-3H3,(H,24,25)/t17-,21+/m0/s1. The molecular weight excluding hydrogens is 322 g/mol. The first-order chi connectivity index (χ1) is 12.6. The van der Waals surface area contributed by atoms with E-state index in [1.165, 1.54) is 29.5 Å². The Morgan fingerprint density at radius 1 is 1.12 bits per heavy atom. The second-order valence-corrected chi connectivity index (χ2v) is 7.24. The fraction of sp³-hybridized carbons (Fsp3) is 0.435. The average Bonchev–Trinajstić information content (AvgIpc) is 2.67. The predicted molar refractivity (Wildman–Crippen MR) is 106 cm³/mol. The summed E-state index contributed by atoms with van der Waals surface area (Å²) in [7, 11) is 0. The maximum absolute atomic E-state index is 12.7. The van der Waals surface area contributed by atoms with Crippen molar-refractivity contribution in [2.24, 2.45) is 0 Å². The maximum Gasteiger partial charge on any atom is 0.261 e. The Bertz CT molecular complexity index is 751. The van der Waals surface area contributed by atoms with E-state index in [2.05, 4.69) is 49.5 Å². The van der Waals surface area contributed by atoms with Crippen molar-refractivity contribution in [1.82, 2.24) is 5.32 Å². The molecule has 0 aliphatic heterocycles. The van der Waals surface area contributed by atoms with Crippen LogP contribution in [0.2, 0.25) is 0 Å². The number of hydrogen-bond acceptors (Lipinski definition) is 2. The fourth-order valence-corrected chi connectivity index (χ4v) is 3.61. The van der Waals surface area contributed by atoms with Crippen LogP contribution in [0.4, 0.5) is 0 Å². The second-order valence-electron chi connectivity index (χ2n) is 7.24. The first-order valence-electron chi connectivity index (χ1n) is 9.73. The van der Waals surface area contributed by atoms with E-state index < -0.39 is 6.10 Å². The zero-order valence-corrected chi connectivity index (χ0v) is 16.0. The van der Waals surface area contributed by atoms with E-state index in [0.717, 1.165) is 30.6 Å². The summed E-state index contributed by atoms with van der Waals surface area (Å²) in [5, 5.41) is 3.14. The number of hydrogen-bond donors (Lipinski definition) is 1. The minimum absolute atomic E-state index is 0.0128. The van der Waals surface area contributed by atoms with Gasteiger partial charge in [0.05, 0.1) is 6.04 Å². The molecule has 3 heteroatoms. The van der Waals surface area contributed by atoms with Crippen LogP contribution in [-0.2, 0) is 17.6 Å². The first-order valence-corrected chi connectivity index (χ1v) is 9.73. The van der Waals surface area contributed by atoms with Crippen molar-refractivity contribution in [1.29, 1.82) is 0 Å². The van der Waals surface area contributed by atoms with Crippen LogP contribution in [0.15, 0.2) is 42.5 Å². The third kappa shape index (κ3) is 4.27. The van der Waals surface area contributed by atoms with E-state index in [1.54, 1.807) is 0 Å². The normalized spacial score (nSPS) is 15.7. The van der Waals surface area contributed by atoms with E-state index >= 15 is 0 Å². The molecule has 0 aromatic heterocycles. The molecule has 1 N–H and O–H groups in total. The summed E-state index contributed by atoms with van der Waals surface area (Å²) in [6.07, 6.45) is 4.92. The molecule has 0 spiro atoms. The van der Waals surface area contributed by atoms with Crippen molar-refractivity contribution in [3.63, 3.8) is 0 Å². The molecule has 2 aromatic rings. The molecule has 0 radical (unpaired) electrons. The molecule has 2 aromatic carbocycles. The third-order valence-corrected chi connectivity index (χ3v) is 5.23. The predicted octanol–water partition coefficient (Wildman–Crippen LogP) is 4.91. The van der Waals surface area contributed by atoms with Gasteiger partial charge in [0.15, 0.2) is 6.10 Å². The number of ether oxygens (including phenoxy) is 1. The Hall–Kier alpha value is -2.29. The molecule has 0 unspecified atom stereocenters. The topological polar surface area (TPSA) is 38.3 Å². The van der Waals surface area contributed by atoms with Gasteiger partial charge >= 0.3 is 0 Å². The average molecular weight is 351 g/mol. The second kappa shape index (κ2) is 8.39. The zero-order chi connectivity index (χ0) is 18.5. The lowest BCUT2D eigenvalue weighted by atomic mass is 9.91. The number of amides is 1. The molecule has 0 bridgehead atoms. The highest BCUT2D eigenvalue weighted by atomic mass is 16.5. The molecule has 0 heterocycles. The van der Waals surface area contributed by atoms with E-state index in [9.17, 15) is 4.79 Å². The van der Waals surface area contributed by atoms with Crippen molar-refractivity contribution in [3.8, 4) is 5.75 Å². The van der Waals surface area contributed by atoms with Crippen LogP contribution in [0.3, 0.4) is 0 Å². The van der Waals surface area contributed by atoms with Crippen LogP contribution in [0.5, 0.6) is 5.75 Å². The largest absolute Gasteiger partial charge is 0.481 e. The SMILES string of the molecule is CC[C@@H](NC(=O)[C@H](C)Oc1cccc2c1CCCC2)c1ccc(C)cc1. The molecule has 2 atom stereocenters. The number of fused-ring (bicyclic) bond motifs is 1. The highest BCUT2D eigenvalue weighted by molar-refractivity contribution is 5.81. The Labute approximate surface area is 156 Å². The highest BCUT2D eigenvalue weighted by Gasteiger charge is 2.21. The smallest absolute Gasteiger partial charge is 0.261 e. The van der Waals surface area contributed by atoms with Crippen LogP contribution in [0.1, 0.15) is 61.4 Å². The van der Waals surface area contributed by atoms with Gasteiger partial charge in [0.1, 0.15) is 5.75 Å². The van der Waals surface area contributed by atoms with Crippen LogP contribution in [0.25, 0.3) is 0 Å². The minimum Gasteiger partial charge on any atom is -0.481 e. The van der Waals surface area contributed by atoms with Gasteiger partial charge in [0, 0.05) is 0 Å². The van der Waals surface area contributed by atoms with Crippen LogP contribution in [-0.4, -0.2) is 12.0 Å². The van der Waals surface area contributed by atoms with Gasteiger partial charge in [-0.2, -0.15) is 0 Å². The minimum atomic E-state index is -0.511. The summed E-state index contributed by atoms with van der Waals surface area (Å²) in [5.74, 6) is 0.805. The van der Waals surface area contributed by atoms with Gasteiger partial charge in [0.2, 0.25) is 0 Å². The highest BCUT2D eigenvalue weighted by Crippen LogP contribution is 2.30. The van der Waals surface area contributed by atoms with Gasteiger partial charge in [-0.1, -0.05) is 48.9 Å². The molecule has 0 saturated carbocycles. The van der Waals surface area contributed by atoms with Crippen LogP contribution < -0.4 is 10.1 Å². The first kappa shape index (κ1) is 18.5. The fourth-order valence-electron chi connectivity index (χ4n) is 3.61. The van der Waals surface area contributed by atoms with Gasteiger partial charge in [-0.15, -0.1) is 0 Å². The molecule has 138 valence electrons. The summed E-state index contributed by atoms with van der Waals surface area (Å²) in [4.78, 5) is 12.7. The van der Waals surface area contributed by atoms with Gasteiger partial charge in [-0.05, 0) is 68.7 Å². The van der Waals surface area contributed by atoms with E-state index in [0.29, 0.717) is 0 Å². The number of rotatable bonds is 6. The van der Waals surface area contributed by atoms with E-state index in [1.807, 2.05) is 19.1 Å². The van der Waals surface area contributed by atoms with Crippen molar-refractivity contribution in [3.05, 3.63) is 64.7 Å². The van der Waals surface area contributed by atoms with Crippen molar-refractivity contribution in [2.75, 3.05) is 0 Å². The van der Waals surface area contributed by atoms with Crippen LogP contribution in [0, 0.1) is 6.92 Å². The Morgan fingerprint density at radius 3 is 2.58 bits per heavy atom. The lowest BCUT2D eigenvalue weighted by Gasteiger charge is -2.24. The Balaban J connectivity index is 1.67. The molecule has 3 nitrogen and oxygen atoms in total. The van der Waals surface area contributed by atoms with Crippen molar-refractivity contribution in [2.45, 2.75) is 65.0 Å². The lowest BCUT2D eigenvalue weighted by molar-refractivity contribution is -0.128. The summed E-state index contributed by atoms with van der Waals surface area (Å²) in [5.41, 5.74) is 5.01. The molecule has 1 amide bonds. The quantitative estimate of drug-likeness (QED) is 0.803. The molecule has 0 saturated heterocycles. The molecule has 1 aliphatic carbocycles. The van der Waals surface area contributed by atoms with Gasteiger partial charge in [-0.3, -0.25) is 4.79 Å². The third-order valence-electron chi connectivity index (χ3n) is 5.23. The van der Waals surface area contributed by atoms with Gasteiger partial charge in [0.25, 0.3) is 5.91 Å². The van der Waals surface area contributed by atoms with Crippen molar-refractivity contribution >= 4 is 5.91 Å². The van der Waals surface area contributed by atoms with Crippen molar-refractivity contribution < 1.29 is 9.53 Å². The van der Waals surface area contributed by atoms with E-state index in [-0.39, 0.29) is 11.9 Å². The lowest BCUT2D eigenvalue weighted by Crippen LogP contribution is -2.38. The summed E-state index contributed by atoms with van der Waals surface area (Å²) in [6.45, 7) is 5.99. The summed E-state index contributed by atoms with van der Waals surface area (Å²) < 4.78 is 6.06. The van der Waals surface area contributed by atoms with Gasteiger partial charge in [-0.25, -0.2) is 0 Å². The number of benzene rings is 2. The number of nitrogens with one attached hydrogen (secondary N) is 1. The molecule has 3 rings (SSSR count). The molecule has 26 heavy (non-hydrogen) atoms. The number of carbonyl (C=O) groups is 1. The Kier molecular flexibility index (Phi) is 5.97. The number of carbonyl (C=O) groups excluding carboxylic acids is 1. The maximum atomic E-state index is 12.7. The van der Waals surface area contributed by atoms with E-state index in [4.69, 9.17) is 4.74 Å². The zero-order valence-electron chi connectivity index (χ0n) is 16.0.